The lowest BCUT2D eigenvalue weighted by molar-refractivity contribution is -0.123. The highest BCUT2D eigenvalue weighted by atomic mass is 16.2. The molecule has 0 bridgehead atoms. The molecule has 1 saturated heterocycles. The van der Waals surface area contributed by atoms with Crippen molar-refractivity contribution >= 4 is 11.6 Å². The van der Waals surface area contributed by atoms with Gasteiger partial charge in [-0.15, -0.1) is 0 Å². The summed E-state index contributed by atoms with van der Waals surface area (Å²) in [5.74, 6) is 0.503. The smallest absolute Gasteiger partial charge is 0.234 e. The molecule has 3 rings (SSSR count). The van der Waals surface area contributed by atoms with Gasteiger partial charge in [0.2, 0.25) is 5.91 Å². The molecule has 3 heterocycles. The summed E-state index contributed by atoms with van der Waals surface area (Å²) >= 11 is 0. The number of aromatic nitrogens is 3. The van der Waals surface area contributed by atoms with Gasteiger partial charge < -0.3 is 5.32 Å². The predicted octanol–water partition coefficient (Wildman–Crippen LogP) is 1.24. The van der Waals surface area contributed by atoms with Crippen molar-refractivity contribution in [2.24, 2.45) is 0 Å². The van der Waals surface area contributed by atoms with E-state index in [9.17, 15) is 4.79 Å². The third-order valence-electron chi connectivity index (χ3n) is 3.00. The highest BCUT2D eigenvalue weighted by Gasteiger charge is 2.28. The first kappa shape index (κ1) is 10.0. The number of imidazole rings is 1. The normalized spacial score (nSPS) is 20.6. The number of carbonyl (C=O) groups is 1. The number of carbonyl (C=O) groups excluding carboxylic acids is 1. The van der Waals surface area contributed by atoms with Gasteiger partial charge in [-0.2, -0.15) is 0 Å². The van der Waals surface area contributed by atoms with Crippen molar-refractivity contribution in [2.75, 3.05) is 0 Å². The number of rotatable bonds is 1. The van der Waals surface area contributed by atoms with E-state index in [4.69, 9.17) is 0 Å². The molecule has 1 atom stereocenters. The first-order valence-electron chi connectivity index (χ1n) is 5.52. The van der Waals surface area contributed by atoms with Crippen molar-refractivity contribution in [3.05, 3.63) is 42.8 Å². The predicted molar refractivity (Wildman–Crippen MR) is 62.2 cm³/mol. The summed E-state index contributed by atoms with van der Waals surface area (Å²) in [4.78, 5) is 20.4. The quantitative estimate of drug-likeness (QED) is 0.798. The van der Waals surface area contributed by atoms with Crippen LogP contribution in [0, 0.1) is 0 Å². The molecule has 2 aromatic heterocycles. The Labute approximate surface area is 98.2 Å². The second-order valence-electron chi connectivity index (χ2n) is 4.15. The van der Waals surface area contributed by atoms with Gasteiger partial charge in [-0.25, -0.2) is 9.97 Å². The van der Waals surface area contributed by atoms with Crippen LogP contribution in [0.25, 0.3) is 5.65 Å². The molecule has 5 heteroatoms. The van der Waals surface area contributed by atoms with Gasteiger partial charge in [0.05, 0.1) is 12.1 Å². The maximum Gasteiger partial charge on any atom is 0.234 e. The van der Waals surface area contributed by atoms with E-state index in [1.54, 1.807) is 12.4 Å². The maximum absolute atomic E-state index is 11.9. The second kappa shape index (κ2) is 3.69. The highest BCUT2D eigenvalue weighted by Crippen LogP contribution is 2.26. The molecule has 2 aromatic rings. The van der Waals surface area contributed by atoms with Gasteiger partial charge in [0, 0.05) is 18.1 Å². The zero-order valence-corrected chi connectivity index (χ0v) is 9.26. The number of fused-ring (bicyclic) bond motifs is 1. The molecule has 1 amide bonds. The van der Waals surface area contributed by atoms with Crippen LogP contribution in [-0.2, 0) is 4.79 Å². The van der Waals surface area contributed by atoms with E-state index in [0.717, 1.165) is 30.0 Å². The fourth-order valence-corrected chi connectivity index (χ4v) is 2.14. The van der Waals surface area contributed by atoms with E-state index in [-0.39, 0.29) is 11.8 Å². The van der Waals surface area contributed by atoms with Crippen molar-refractivity contribution < 1.29 is 4.79 Å². The molecule has 86 valence electrons. The summed E-state index contributed by atoms with van der Waals surface area (Å²) in [6.07, 6.45) is 6.82. The van der Waals surface area contributed by atoms with Crippen molar-refractivity contribution in [2.45, 2.75) is 18.8 Å². The summed E-state index contributed by atoms with van der Waals surface area (Å²) in [5, 5.41) is 2.78. The molecule has 1 aliphatic heterocycles. The Hall–Kier alpha value is -2.17. The number of nitrogens with zero attached hydrogens (tertiary/aromatic N) is 3. The van der Waals surface area contributed by atoms with Crippen molar-refractivity contribution in [1.82, 2.24) is 19.7 Å². The fourth-order valence-electron chi connectivity index (χ4n) is 2.14. The van der Waals surface area contributed by atoms with Crippen LogP contribution in [0.3, 0.4) is 0 Å². The van der Waals surface area contributed by atoms with Gasteiger partial charge >= 0.3 is 0 Å². The summed E-state index contributed by atoms with van der Waals surface area (Å²) in [5.41, 5.74) is 1.55. The van der Waals surface area contributed by atoms with Gasteiger partial charge in [0.15, 0.2) is 5.65 Å². The van der Waals surface area contributed by atoms with Crippen LogP contribution in [0.1, 0.15) is 24.6 Å². The highest BCUT2D eigenvalue weighted by molar-refractivity contribution is 5.85. The SMILES string of the molecule is C=C1CCC(c2ncc3ncccn23)C(=O)N1. The van der Waals surface area contributed by atoms with E-state index in [1.807, 2.05) is 16.7 Å². The van der Waals surface area contributed by atoms with Crippen LogP contribution in [0.5, 0.6) is 0 Å². The average Bonchev–Trinajstić information content (AvgIpc) is 2.73. The molecule has 17 heavy (non-hydrogen) atoms. The average molecular weight is 228 g/mol. The molecule has 0 saturated carbocycles. The van der Waals surface area contributed by atoms with Gasteiger partial charge in [-0.05, 0) is 18.9 Å². The first-order valence-corrected chi connectivity index (χ1v) is 5.52. The molecular formula is C12H12N4O. The molecular weight excluding hydrogens is 216 g/mol. The van der Waals surface area contributed by atoms with E-state index in [0.29, 0.717) is 0 Å². The van der Waals surface area contributed by atoms with Crippen LogP contribution < -0.4 is 5.32 Å². The van der Waals surface area contributed by atoms with Crippen molar-refractivity contribution in [3.8, 4) is 0 Å². The minimum Gasteiger partial charge on any atom is -0.330 e. The van der Waals surface area contributed by atoms with E-state index < -0.39 is 0 Å². The molecule has 0 spiro atoms. The topological polar surface area (TPSA) is 59.3 Å². The summed E-state index contributed by atoms with van der Waals surface area (Å²) < 4.78 is 1.86. The molecule has 1 N–H and O–H groups in total. The van der Waals surface area contributed by atoms with Crippen molar-refractivity contribution in [3.63, 3.8) is 0 Å². The van der Waals surface area contributed by atoms with Gasteiger partial charge in [-0.3, -0.25) is 9.20 Å². The van der Waals surface area contributed by atoms with Gasteiger partial charge in [0.25, 0.3) is 0 Å². The third kappa shape index (κ3) is 1.60. The lowest BCUT2D eigenvalue weighted by Gasteiger charge is -2.22. The van der Waals surface area contributed by atoms with Crippen LogP contribution in [-0.4, -0.2) is 20.3 Å². The number of amides is 1. The molecule has 1 unspecified atom stereocenters. The Morgan fingerprint density at radius 2 is 2.35 bits per heavy atom. The zero-order chi connectivity index (χ0) is 11.8. The van der Waals surface area contributed by atoms with Crippen LogP contribution in [0.2, 0.25) is 0 Å². The lowest BCUT2D eigenvalue weighted by atomic mass is 9.96. The number of hydrogen-bond donors (Lipinski definition) is 1. The van der Waals surface area contributed by atoms with Crippen LogP contribution >= 0.6 is 0 Å². The Kier molecular flexibility index (Phi) is 2.18. The second-order valence-corrected chi connectivity index (χ2v) is 4.15. The largest absolute Gasteiger partial charge is 0.330 e. The molecule has 1 aliphatic rings. The third-order valence-corrected chi connectivity index (χ3v) is 3.00. The number of allylic oxidation sites excluding steroid dienone is 1. The summed E-state index contributed by atoms with van der Waals surface area (Å²) in [6.45, 7) is 3.77. The van der Waals surface area contributed by atoms with E-state index >= 15 is 0 Å². The molecule has 0 radical (unpaired) electrons. The minimum absolute atomic E-state index is 0.0300. The van der Waals surface area contributed by atoms with Gasteiger partial charge in [0.1, 0.15) is 5.82 Å². The Morgan fingerprint density at radius 3 is 3.18 bits per heavy atom. The molecule has 0 aromatic carbocycles. The number of piperidine rings is 1. The van der Waals surface area contributed by atoms with Crippen LogP contribution in [0.4, 0.5) is 0 Å². The molecule has 1 fully saturated rings. The van der Waals surface area contributed by atoms with Crippen molar-refractivity contribution in [1.29, 1.82) is 0 Å². The standard InChI is InChI=1S/C12H12N4O/c1-8-3-4-9(12(17)15-8)11-14-7-10-13-5-2-6-16(10)11/h2,5-7,9H,1,3-4H2,(H,15,17). The monoisotopic (exact) mass is 228 g/mol. The van der Waals surface area contributed by atoms with E-state index in [2.05, 4.69) is 21.9 Å². The fraction of sp³-hybridized carbons (Fsp3) is 0.250. The number of nitrogens with one attached hydrogen (secondary N) is 1. The zero-order valence-electron chi connectivity index (χ0n) is 9.26. The Bertz CT molecular complexity index is 601. The number of hydrogen-bond acceptors (Lipinski definition) is 3. The van der Waals surface area contributed by atoms with E-state index in [1.165, 1.54) is 0 Å². The first-order chi connectivity index (χ1) is 8.25. The Morgan fingerprint density at radius 1 is 1.47 bits per heavy atom. The van der Waals surface area contributed by atoms with Crippen LogP contribution in [0.15, 0.2) is 36.9 Å². The minimum atomic E-state index is -0.216. The summed E-state index contributed by atoms with van der Waals surface area (Å²) in [6, 6.07) is 1.83. The lowest BCUT2D eigenvalue weighted by Crippen LogP contribution is -2.34. The van der Waals surface area contributed by atoms with Gasteiger partial charge in [-0.1, -0.05) is 6.58 Å². The summed E-state index contributed by atoms with van der Waals surface area (Å²) in [7, 11) is 0. The Balaban J connectivity index is 2.04. The maximum atomic E-state index is 11.9. The molecule has 5 nitrogen and oxygen atoms in total. The molecule has 0 aliphatic carbocycles.